The van der Waals surface area contributed by atoms with E-state index in [0.717, 1.165) is 11.1 Å². The number of benzene rings is 1. The summed E-state index contributed by atoms with van der Waals surface area (Å²) in [5.41, 5.74) is 1.76. The van der Waals surface area contributed by atoms with Crippen LogP contribution in [0.2, 0.25) is 0 Å². The molecule has 94 valence electrons. The molecule has 0 unspecified atom stereocenters. The molecule has 2 aromatic heterocycles. The Bertz CT molecular complexity index is 679. The Labute approximate surface area is 110 Å². The van der Waals surface area contributed by atoms with Gasteiger partial charge in [-0.05, 0) is 12.1 Å². The zero-order valence-electron chi connectivity index (χ0n) is 10.4. The van der Waals surface area contributed by atoms with Crippen LogP contribution >= 0.6 is 0 Å². The molecular formula is C14H12N4O. The molecule has 0 atom stereocenters. The van der Waals surface area contributed by atoms with Crippen LogP contribution in [0.15, 0.2) is 48.7 Å². The van der Waals surface area contributed by atoms with E-state index < -0.39 is 0 Å². The van der Waals surface area contributed by atoms with E-state index >= 15 is 0 Å². The van der Waals surface area contributed by atoms with E-state index in [2.05, 4.69) is 20.2 Å². The maximum atomic E-state index is 5.22. The fourth-order valence-electron chi connectivity index (χ4n) is 1.83. The molecule has 1 aromatic carbocycles. The van der Waals surface area contributed by atoms with Crippen molar-refractivity contribution >= 4 is 0 Å². The van der Waals surface area contributed by atoms with Crippen molar-refractivity contribution < 1.29 is 4.74 Å². The van der Waals surface area contributed by atoms with Gasteiger partial charge in [0.05, 0.1) is 12.7 Å². The van der Waals surface area contributed by atoms with E-state index in [1.165, 1.54) is 0 Å². The number of aromatic nitrogens is 4. The third kappa shape index (κ3) is 2.18. The fourth-order valence-corrected chi connectivity index (χ4v) is 1.83. The predicted molar refractivity (Wildman–Crippen MR) is 71.6 cm³/mol. The number of nitrogens with zero attached hydrogens (tertiary/aromatic N) is 3. The Morgan fingerprint density at radius 1 is 1.05 bits per heavy atom. The van der Waals surface area contributed by atoms with Gasteiger partial charge in [-0.15, -0.1) is 0 Å². The highest BCUT2D eigenvalue weighted by molar-refractivity contribution is 5.64. The molecule has 2 heterocycles. The summed E-state index contributed by atoms with van der Waals surface area (Å²) in [6.45, 7) is 0. The molecule has 1 N–H and O–H groups in total. The van der Waals surface area contributed by atoms with Crippen molar-refractivity contribution in [1.29, 1.82) is 0 Å². The molecule has 0 amide bonds. The molecule has 0 saturated heterocycles. The fraction of sp³-hybridized carbons (Fsp3) is 0.0714. The SMILES string of the molecule is COc1ncccc1-c1nc(-c2ccccc2)n[nH]1. The van der Waals surface area contributed by atoms with Crippen LogP contribution in [-0.2, 0) is 0 Å². The summed E-state index contributed by atoms with van der Waals surface area (Å²) in [5, 5.41) is 7.13. The Morgan fingerprint density at radius 2 is 1.89 bits per heavy atom. The molecule has 5 nitrogen and oxygen atoms in total. The second-order valence-corrected chi connectivity index (χ2v) is 3.93. The van der Waals surface area contributed by atoms with Gasteiger partial charge in [-0.1, -0.05) is 30.3 Å². The van der Waals surface area contributed by atoms with Crippen LogP contribution < -0.4 is 4.74 Å². The molecule has 0 aliphatic rings. The number of hydrogen-bond acceptors (Lipinski definition) is 4. The monoisotopic (exact) mass is 252 g/mol. The Morgan fingerprint density at radius 3 is 2.68 bits per heavy atom. The normalized spacial score (nSPS) is 10.4. The van der Waals surface area contributed by atoms with Crippen LogP contribution in [-0.4, -0.2) is 27.3 Å². The second-order valence-electron chi connectivity index (χ2n) is 3.93. The van der Waals surface area contributed by atoms with Crippen molar-refractivity contribution in [2.24, 2.45) is 0 Å². The van der Waals surface area contributed by atoms with Crippen molar-refractivity contribution in [1.82, 2.24) is 20.2 Å². The standard InChI is InChI=1S/C14H12N4O/c1-19-14-11(8-5-9-15-14)13-16-12(17-18-13)10-6-3-2-4-7-10/h2-9H,1H3,(H,16,17,18). The summed E-state index contributed by atoms with van der Waals surface area (Å²) in [4.78, 5) is 8.62. The summed E-state index contributed by atoms with van der Waals surface area (Å²) in [6.07, 6.45) is 1.68. The molecule has 0 bridgehead atoms. The van der Waals surface area contributed by atoms with Crippen molar-refractivity contribution in [2.45, 2.75) is 0 Å². The molecule has 0 radical (unpaired) electrons. The summed E-state index contributed by atoms with van der Waals surface area (Å²) in [6, 6.07) is 13.5. The molecule has 0 saturated carbocycles. The maximum absolute atomic E-state index is 5.22. The molecule has 0 aliphatic carbocycles. The van der Waals surface area contributed by atoms with Crippen LogP contribution in [0, 0.1) is 0 Å². The smallest absolute Gasteiger partial charge is 0.224 e. The van der Waals surface area contributed by atoms with Crippen molar-refractivity contribution in [3.05, 3.63) is 48.7 Å². The first kappa shape index (κ1) is 11.4. The van der Waals surface area contributed by atoms with Gasteiger partial charge in [0.15, 0.2) is 11.6 Å². The lowest BCUT2D eigenvalue weighted by Crippen LogP contribution is -1.91. The van der Waals surface area contributed by atoms with Crippen LogP contribution in [0.5, 0.6) is 5.88 Å². The molecular weight excluding hydrogens is 240 g/mol. The summed E-state index contributed by atoms with van der Waals surface area (Å²) < 4.78 is 5.22. The van der Waals surface area contributed by atoms with Gasteiger partial charge in [0.2, 0.25) is 5.88 Å². The average Bonchev–Trinajstić information content (AvgIpc) is 2.98. The number of methoxy groups -OCH3 is 1. The van der Waals surface area contributed by atoms with Gasteiger partial charge in [0.1, 0.15) is 0 Å². The van der Waals surface area contributed by atoms with Gasteiger partial charge < -0.3 is 4.74 Å². The summed E-state index contributed by atoms with van der Waals surface area (Å²) >= 11 is 0. The lowest BCUT2D eigenvalue weighted by Gasteiger charge is -2.02. The van der Waals surface area contributed by atoms with Gasteiger partial charge >= 0.3 is 0 Å². The number of aromatic amines is 1. The van der Waals surface area contributed by atoms with Crippen LogP contribution in [0.3, 0.4) is 0 Å². The van der Waals surface area contributed by atoms with E-state index in [1.54, 1.807) is 13.3 Å². The largest absolute Gasteiger partial charge is 0.480 e. The van der Waals surface area contributed by atoms with Crippen LogP contribution in [0.1, 0.15) is 0 Å². The lowest BCUT2D eigenvalue weighted by atomic mass is 10.2. The second kappa shape index (κ2) is 4.89. The van der Waals surface area contributed by atoms with E-state index in [0.29, 0.717) is 17.5 Å². The van der Waals surface area contributed by atoms with Crippen molar-refractivity contribution in [3.63, 3.8) is 0 Å². The number of pyridine rings is 1. The number of rotatable bonds is 3. The first-order valence-corrected chi connectivity index (χ1v) is 5.85. The number of hydrogen-bond donors (Lipinski definition) is 1. The molecule has 0 spiro atoms. The van der Waals surface area contributed by atoms with Gasteiger partial charge in [-0.2, -0.15) is 5.10 Å². The molecule has 0 aliphatic heterocycles. The zero-order chi connectivity index (χ0) is 13.1. The van der Waals surface area contributed by atoms with E-state index in [-0.39, 0.29) is 0 Å². The number of H-pyrrole nitrogens is 1. The van der Waals surface area contributed by atoms with E-state index in [4.69, 9.17) is 4.74 Å². The van der Waals surface area contributed by atoms with Crippen molar-refractivity contribution in [3.8, 4) is 28.7 Å². The highest BCUT2D eigenvalue weighted by atomic mass is 16.5. The van der Waals surface area contributed by atoms with Gasteiger partial charge in [-0.25, -0.2) is 9.97 Å². The van der Waals surface area contributed by atoms with Gasteiger partial charge in [-0.3, -0.25) is 5.10 Å². The van der Waals surface area contributed by atoms with Gasteiger partial charge in [0, 0.05) is 11.8 Å². The molecule has 19 heavy (non-hydrogen) atoms. The third-order valence-electron chi connectivity index (χ3n) is 2.74. The highest BCUT2D eigenvalue weighted by Crippen LogP contribution is 2.25. The van der Waals surface area contributed by atoms with E-state index in [1.807, 2.05) is 42.5 Å². The summed E-state index contributed by atoms with van der Waals surface area (Å²) in [5.74, 6) is 1.82. The Balaban J connectivity index is 2.02. The third-order valence-corrected chi connectivity index (χ3v) is 2.74. The zero-order valence-corrected chi connectivity index (χ0v) is 10.4. The minimum absolute atomic E-state index is 0.526. The van der Waals surface area contributed by atoms with E-state index in [9.17, 15) is 0 Å². The van der Waals surface area contributed by atoms with Crippen molar-refractivity contribution in [2.75, 3.05) is 7.11 Å². The number of ether oxygens (including phenoxy) is 1. The summed E-state index contributed by atoms with van der Waals surface area (Å²) in [7, 11) is 1.58. The molecule has 0 fully saturated rings. The van der Waals surface area contributed by atoms with Crippen LogP contribution in [0.4, 0.5) is 0 Å². The highest BCUT2D eigenvalue weighted by Gasteiger charge is 2.12. The van der Waals surface area contributed by atoms with Gasteiger partial charge in [0.25, 0.3) is 0 Å². The lowest BCUT2D eigenvalue weighted by molar-refractivity contribution is 0.399. The Kier molecular flexibility index (Phi) is 2.94. The maximum Gasteiger partial charge on any atom is 0.224 e. The Hall–Kier alpha value is -2.69. The predicted octanol–water partition coefficient (Wildman–Crippen LogP) is 2.54. The molecule has 5 heteroatoms. The number of nitrogens with one attached hydrogen (secondary N) is 1. The van der Waals surface area contributed by atoms with Crippen LogP contribution in [0.25, 0.3) is 22.8 Å². The molecule has 3 aromatic rings. The quantitative estimate of drug-likeness (QED) is 0.778. The first-order valence-electron chi connectivity index (χ1n) is 5.85. The topological polar surface area (TPSA) is 63.7 Å². The minimum atomic E-state index is 0.526. The minimum Gasteiger partial charge on any atom is -0.480 e. The molecule has 3 rings (SSSR count). The first-order chi connectivity index (χ1) is 9.38. The average molecular weight is 252 g/mol.